The molecule has 5 nitrogen and oxygen atoms in total. The molecule has 25 heavy (non-hydrogen) atoms. The second kappa shape index (κ2) is 6.46. The van der Waals surface area contributed by atoms with E-state index in [2.05, 4.69) is 4.98 Å². The molecule has 1 aromatic heterocycles. The Hall–Kier alpha value is -2.44. The molecule has 6 heteroatoms. The Morgan fingerprint density at radius 1 is 0.960 bits per heavy atom. The van der Waals surface area contributed by atoms with Crippen molar-refractivity contribution in [2.75, 3.05) is 13.1 Å². The molecule has 0 spiro atoms. The van der Waals surface area contributed by atoms with Gasteiger partial charge in [-0.2, -0.15) is 4.31 Å². The van der Waals surface area contributed by atoms with Crippen molar-refractivity contribution in [3.63, 3.8) is 0 Å². The SMILES string of the molecule is O=S(=O)(c1ccccc1)N1CC[C@H](Oc2ccc3ccccc3n2)C1. The summed E-state index contributed by atoms with van der Waals surface area (Å²) in [6, 6.07) is 20.1. The van der Waals surface area contributed by atoms with Crippen molar-refractivity contribution >= 4 is 20.9 Å². The largest absolute Gasteiger partial charge is 0.473 e. The summed E-state index contributed by atoms with van der Waals surface area (Å²) >= 11 is 0. The highest BCUT2D eigenvalue weighted by Crippen LogP contribution is 2.24. The van der Waals surface area contributed by atoms with Gasteiger partial charge in [0, 0.05) is 18.0 Å². The number of rotatable bonds is 4. The Morgan fingerprint density at radius 2 is 1.72 bits per heavy atom. The molecule has 1 aliphatic heterocycles. The number of nitrogens with zero attached hydrogens (tertiary/aromatic N) is 2. The molecule has 3 aromatic rings. The molecule has 0 bridgehead atoms. The monoisotopic (exact) mass is 354 g/mol. The van der Waals surface area contributed by atoms with Gasteiger partial charge in [-0.3, -0.25) is 0 Å². The number of para-hydroxylation sites is 1. The van der Waals surface area contributed by atoms with Crippen molar-refractivity contribution < 1.29 is 13.2 Å². The van der Waals surface area contributed by atoms with Gasteiger partial charge in [-0.25, -0.2) is 13.4 Å². The third-order valence-electron chi connectivity index (χ3n) is 4.35. The average Bonchev–Trinajstić information content (AvgIpc) is 3.12. The van der Waals surface area contributed by atoms with Crippen molar-refractivity contribution in [3.05, 3.63) is 66.7 Å². The summed E-state index contributed by atoms with van der Waals surface area (Å²) in [6.45, 7) is 0.793. The van der Waals surface area contributed by atoms with Crippen LogP contribution in [0.2, 0.25) is 0 Å². The van der Waals surface area contributed by atoms with Crippen LogP contribution in [0.3, 0.4) is 0 Å². The minimum atomic E-state index is -3.47. The second-order valence-electron chi connectivity index (χ2n) is 6.05. The molecular formula is C19H18N2O3S. The van der Waals surface area contributed by atoms with Crippen LogP contribution in [-0.4, -0.2) is 36.9 Å². The summed E-state index contributed by atoms with van der Waals surface area (Å²) in [6.07, 6.45) is 0.466. The first-order valence-electron chi connectivity index (χ1n) is 8.20. The third-order valence-corrected chi connectivity index (χ3v) is 6.23. The summed E-state index contributed by atoms with van der Waals surface area (Å²) in [4.78, 5) is 4.81. The van der Waals surface area contributed by atoms with Crippen molar-refractivity contribution in [3.8, 4) is 5.88 Å². The zero-order valence-corrected chi connectivity index (χ0v) is 14.4. The van der Waals surface area contributed by atoms with Crippen molar-refractivity contribution in [2.45, 2.75) is 17.4 Å². The van der Waals surface area contributed by atoms with E-state index in [-0.39, 0.29) is 6.10 Å². The first kappa shape index (κ1) is 16.1. The Labute approximate surface area is 146 Å². The lowest BCUT2D eigenvalue weighted by Gasteiger charge is -2.17. The van der Waals surface area contributed by atoms with E-state index >= 15 is 0 Å². The Morgan fingerprint density at radius 3 is 2.56 bits per heavy atom. The second-order valence-corrected chi connectivity index (χ2v) is 7.98. The normalized spacial score (nSPS) is 18.5. The van der Waals surface area contributed by atoms with E-state index in [0.29, 0.717) is 30.3 Å². The fourth-order valence-electron chi connectivity index (χ4n) is 3.04. The average molecular weight is 354 g/mol. The van der Waals surface area contributed by atoms with E-state index in [1.54, 1.807) is 30.3 Å². The van der Waals surface area contributed by atoms with E-state index in [0.717, 1.165) is 10.9 Å². The number of benzene rings is 2. The highest BCUT2D eigenvalue weighted by molar-refractivity contribution is 7.89. The van der Waals surface area contributed by atoms with Crippen LogP contribution < -0.4 is 4.74 Å². The molecular weight excluding hydrogens is 336 g/mol. The summed E-state index contributed by atoms with van der Waals surface area (Å²) < 4.78 is 32.7. The Bertz CT molecular complexity index is 990. The van der Waals surface area contributed by atoms with Gasteiger partial charge in [-0.05, 0) is 30.7 Å². The summed E-state index contributed by atoms with van der Waals surface area (Å²) in [7, 11) is -3.47. The molecule has 1 aliphatic rings. The molecule has 1 saturated heterocycles. The molecule has 0 amide bonds. The number of hydrogen-bond acceptors (Lipinski definition) is 4. The third kappa shape index (κ3) is 3.23. The molecule has 0 aliphatic carbocycles. The van der Waals surface area contributed by atoms with E-state index < -0.39 is 10.0 Å². The van der Waals surface area contributed by atoms with Crippen LogP contribution in [-0.2, 0) is 10.0 Å². The Kier molecular flexibility index (Phi) is 4.15. The predicted molar refractivity (Wildman–Crippen MR) is 96.0 cm³/mol. The zero-order chi connectivity index (χ0) is 17.3. The van der Waals surface area contributed by atoms with Crippen LogP contribution in [0.1, 0.15) is 6.42 Å². The van der Waals surface area contributed by atoms with Gasteiger partial charge >= 0.3 is 0 Å². The molecule has 0 unspecified atom stereocenters. The maximum absolute atomic E-state index is 12.7. The van der Waals surface area contributed by atoms with Gasteiger partial charge < -0.3 is 4.74 Å². The fourth-order valence-corrected chi connectivity index (χ4v) is 4.54. The van der Waals surface area contributed by atoms with Gasteiger partial charge in [-0.15, -0.1) is 0 Å². The van der Waals surface area contributed by atoms with Gasteiger partial charge in [0.05, 0.1) is 17.0 Å². The fraction of sp³-hybridized carbons (Fsp3) is 0.211. The smallest absolute Gasteiger partial charge is 0.243 e. The van der Waals surface area contributed by atoms with E-state index in [4.69, 9.17) is 4.74 Å². The quantitative estimate of drug-likeness (QED) is 0.722. The van der Waals surface area contributed by atoms with Gasteiger partial charge in [-0.1, -0.05) is 36.4 Å². The number of ether oxygens (including phenoxy) is 1. The van der Waals surface area contributed by atoms with E-state index in [1.165, 1.54) is 4.31 Å². The van der Waals surface area contributed by atoms with Crippen LogP contribution >= 0.6 is 0 Å². The molecule has 128 valence electrons. The highest BCUT2D eigenvalue weighted by atomic mass is 32.2. The molecule has 0 saturated carbocycles. The van der Waals surface area contributed by atoms with Crippen LogP contribution in [0.4, 0.5) is 0 Å². The number of pyridine rings is 1. The number of hydrogen-bond donors (Lipinski definition) is 0. The van der Waals surface area contributed by atoms with Gasteiger partial charge in [0.15, 0.2) is 0 Å². The summed E-state index contributed by atoms with van der Waals surface area (Å²) in [5, 5.41) is 1.05. The summed E-state index contributed by atoms with van der Waals surface area (Å²) in [5.74, 6) is 0.530. The number of sulfonamides is 1. The predicted octanol–water partition coefficient (Wildman–Crippen LogP) is 3.08. The minimum Gasteiger partial charge on any atom is -0.473 e. The minimum absolute atomic E-state index is 0.188. The highest BCUT2D eigenvalue weighted by Gasteiger charge is 2.33. The van der Waals surface area contributed by atoms with E-state index in [9.17, 15) is 8.42 Å². The van der Waals surface area contributed by atoms with Gasteiger partial charge in [0.25, 0.3) is 0 Å². The Balaban J connectivity index is 1.49. The lowest BCUT2D eigenvalue weighted by atomic mass is 10.2. The van der Waals surface area contributed by atoms with Crippen molar-refractivity contribution in [2.24, 2.45) is 0 Å². The zero-order valence-electron chi connectivity index (χ0n) is 13.6. The maximum atomic E-state index is 12.7. The lowest BCUT2D eigenvalue weighted by molar-refractivity contribution is 0.207. The summed E-state index contributed by atoms with van der Waals surface area (Å²) in [5.41, 5.74) is 0.867. The lowest BCUT2D eigenvalue weighted by Crippen LogP contribution is -2.31. The first-order valence-corrected chi connectivity index (χ1v) is 9.64. The molecule has 2 aromatic carbocycles. The van der Waals surface area contributed by atoms with Crippen LogP contribution in [0.5, 0.6) is 5.88 Å². The standard InChI is InChI=1S/C19H18N2O3S/c22-25(23,17-7-2-1-3-8-17)21-13-12-16(14-21)24-19-11-10-15-6-4-5-9-18(15)20-19/h1-11,16H,12-14H2/t16-/m0/s1. The van der Waals surface area contributed by atoms with Crippen LogP contribution in [0.25, 0.3) is 10.9 Å². The molecule has 1 atom stereocenters. The van der Waals surface area contributed by atoms with Crippen LogP contribution in [0.15, 0.2) is 71.6 Å². The maximum Gasteiger partial charge on any atom is 0.243 e. The molecule has 4 rings (SSSR count). The molecule has 0 radical (unpaired) electrons. The van der Waals surface area contributed by atoms with Crippen molar-refractivity contribution in [1.29, 1.82) is 0 Å². The van der Waals surface area contributed by atoms with Crippen molar-refractivity contribution in [1.82, 2.24) is 9.29 Å². The first-order chi connectivity index (χ1) is 12.1. The van der Waals surface area contributed by atoms with Gasteiger partial charge in [0.2, 0.25) is 15.9 Å². The molecule has 1 fully saturated rings. The topological polar surface area (TPSA) is 59.5 Å². The molecule has 0 N–H and O–H groups in total. The molecule has 2 heterocycles. The van der Waals surface area contributed by atoms with Crippen LogP contribution in [0, 0.1) is 0 Å². The number of aromatic nitrogens is 1. The van der Waals surface area contributed by atoms with E-state index in [1.807, 2.05) is 36.4 Å². The van der Waals surface area contributed by atoms with Gasteiger partial charge in [0.1, 0.15) is 6.10 Å². The number of fused-ring (bicyclic) bond motifs is 1.